The number of aryl methyl sites for hydroxylation is 1. The Labute approximate surface area is 100 Å². The van der Waals surface area contributed by atoms with Crippen molar-refractivity contribution < 1.29 is 4.42 Å². The Hall–Kier alpha value is -1.55. The fourth-order valence-electron chi connectivity index (χ4n) is 2.23. The Morgan fingerprint density at radius 3 is 3.00 bits per heavy atom. The third-order valence-corrected chi connectivity index (χ3v) is 3.28. The van der Waals surface area contributed by atoms with Gasteiger partial charge in [-0.15, -0.1) is 0 Å². The lowest BCUT2D eigenvalue weighted by Gasteiger charge is -2.33. The highest BCUT2D eigenvalue weighted by molar-refractivity contribution is 5.77. The molecule has 1 aromatic carbocycles. The predicted octanol–water partition coefficient (Wildman–Crippen LogP) is 2.29. The topological polar surface area (TPSA) is 64.1 Å². The summed E-state index contributed by atoms with van der Waals surface area (Å²) in [4.78, 5) is 4.43. The molecular formula is C13H17N3O. The van der Waals surface area contributed by atoms with Crippen LogP contribution in [0.5, 0.6) is 0 Å². The molecule has 0 aliphatic heterocycles. The van der Waals surface area contributed by atoms with E-state index in [1.807, 2.05) is 25.1 Å². The minimum absolute atomic E-state index is 0.370. The molecule has 0 saturated heterocycles. The van der Waals surface area contributed by atoms with E-state index >= 15 is 0 Å². The van der Waals surface area contributed by atoms with Crippen molar-refractivity contribution in [3.05, 3.63) is 24.1 Å². The summed E-state index contributed by atoms with van der Waals surface area (Å²) in [6, 6.07) is 6.94. The van der Waals surface area contributed by atoms with Crippen LogP contribution < -0.4 is 11.1 Å². The minimum Gasteiger partial charge on any atom is -0.441 e. The summed E-state index contributed by atoms with van der Waals surface area (Å²) >= 11 is 0. The van der Waals surface area contributed by atoms with Crippen LogP contribution in [-0.4, -0.2) is 17.1 Å². The first-order valence-electron chi connectivity index (χ1n) is 6.16. The van der Waals surface area contributed by atoms with Crippen LogP contribution >= 0.6 is 0 Å². The van der Waals surface area contributed by atoms with Crippen molar-refractivity contribution in [2.75, 3.05) is 5.32 Å². The molecule has 4 heteroatoms. The van der Waals surface area contributed by atoms with Gasteiger partial charge in [0.05, 0.1) is 0 Å². The average molecular weight is 231 g/mol. The maximum absolute atomic E-state index is 5.77. The zero-order valence-corrected chi connectivity index (χ0v) is 9.94. The highest BCUT2D eigenvalue weighted by Gasteiger charge is 2.25. The van der Waals surface area contributed by atoms with Gasteiger partial charge in [-0.05, 0) is 31.0 Å². The summed E-state index contributed by atoms with van der Waals surface area (Å²) in [7, 11) is 0. The molecule has 1 fully saturated rings. The minimum atomic E-state index is 0.370. The molecule has 17 heavy (non-hydrogen) atoms. The second kappa shape index (κ2) is 4.04. The lowest BCUT2D eigenvalue weighted by atomic mass is 9.87. The number of hydrogen-bond donors (Lipinski definition) is 2. The van der Waals surface area contributed by atoms with Crippen molar-refractivity contribution in [2.45, 2.75) is 38.3 Å². The summed E-state index contributed by atoms with van der Waals surface area (Å²) in [6.45, 7) is 2.04. The number of hydrogen-bond acceptors (Lipinski definition) is 4. The predicted molar refractivity (Wildman–Crippen MR) is 68.0 cm³/mol. The van der Waals surface area contributed by atoms with Gasteiger partial charge in [-0.25, -0.2) is 4.98 Å². The molecule has 1 heterocycles. The Morgan fingerprint density at radius 1 is 1.47 bits per heavy atom. The van der Waals surface area contributed by atoms with Crippen LogP contribution in [0.4, 0.5) is 5.69 Å². The van der Waals surface area contributed by atoms with E-state index in [0.29, 0.717) is 12.1 Å². The first kappa shape index (κ1) is 10.6. The molecule has 1 saturated carbocycles. The smallest absolute Gasteiger partial charge is 0.195 e. The normalized spacial score (nSPS) is 23.6. The number of fused-ring (bicyclic) bond motifs is 1. The van der Waals surface area contributed by atoms with Crippen LogP contribution in [0.3, 0.4) is 0 Å². The summed E-state index contributed by atoms with van der Waals surface area (Å²) in [5.41, 5.74) is 8.65. The molecule has 1 aromatic heterocycles. The number of benzene rings is 1. The number of nitrogens with zero attached hydrogens (tertiary/aromatic N) is 1. The molecule has 0 unspecified atom stereocenters. The largest absolute Gasteiger partial charge is 0.441 e. The maximum atomic E-state index is 5.77. The Bertz CT molecular complexity index is 528. The summed E-state index contributed by atoms with van der Waals surface area (Å²) in [5, 5.41) is 3.47. The molecule has 2 aromatic rings. The van der Waals surface area contributed by atoms with E-state index in [9.17, 15) is 0 Å². The molecule has 90 valence electrons. The van der Waals surface area contributed by atoms with Crippen LogP contribution in [-0.2, 0) is 6.42 Å². The SMILES string of the molecule is CCc1nc2cc(NC3CC(N)C3)ccc2o1. The number of nitrogens with two attached hydrogens (primary N) is 1. The van der Waals surface area contributed by atoms with E-state index in [-0.39, 0.29) is 0 Å². The molecule has 0 bridgehead atoms. The van der Waals surface area contributed by atoms with Gasteiger partial charge < -0.3 is 15.5 Å². The summed E-state index contributed by atoms with van der Waals surface area (Å²) < 4.78 is 5.58. The van der Waals surface area contributed by atoms with Crippen molar-refractivity contribution >= 4 is 16.8 Å². The Balaban J connectivity index is 1.80. The van der Waals surface area contributed by atoms with E-state index in [4.69, 9.17) is 10.2 Å². The molecule has 1 aliphatic rings. The number of nitrogens with one attached hydrogen (secondary N) is 1. The molecule has 0 radical (unpaired) electrons. The Morgan fingerprint density at radius 2 is 2.29 bits per heavy atom. The number of rotatable bonds is 3. The van der Waals surface area contributed by atoms with Gasteiger partial charge in [0.1, 0.15) is 5.52 Å². The van der Waals surface area contributed by atoms with Gasteiger partial charge in [0.2, 0.25) is 0 Å². The fourth-order valence-corrected chi connectivity index (χ4v) is 2.23. The molecule has 3 N–H and O–H groups in total. The third-order valence-electron chi connectivity index (χ3n) is 3.28. The van der Waals surface area contributed by atoms with Gasteiger partial charge >= 0.3 is 0 Å². The van der Waals surface area contributed by atoms with Crippen LogP contribution in [0.1, 0.15) is 25.7 Å². The second-order valence-corrected chi connectivity index (χ2v) is 4.72. The van der Waals surface area contributed by atoms with Crippen molar-refractivity contribution in [1.82, 2.24) is 4.98 Å². The number of anilines is 1. The van der Waals surface area contributed by atoms with Gasteiger partial charge in [-0.2, -0.15) is 0 Å². The van der Waals surface area contributed by atoms with Gasteiger partial charge in [0.15, 0.2) is 11.5 Å². The molecule has 3 rings (SSSR count). The number of aromatic nitrogens is 1. The highest BCUT2D eigenvalue weighted by atomic mass is 16.3. The monoisotopic (exact) mass is 231 g/mol. The van der Waals surface area contributed by atoms with Gasteiger partial charge in [-0.1, -0.05) is 6.92 Å². The molecular weight excluding hydrogens is 214 g/mol. The van der Waals surface area contributed by atoms with E-state index in [2.05, 4.69) is 10.3 Å². The van der Waals surface area contributed by atoms with Crippen molar-refractivity contribution in [3.8, 4) is 0 Å². The summed E-state index contributed by atoms with van der Waals surface area (Å²) in [6.07, 6.45) is 2.93. The average Bonchev–Trinajstić information content (AvgIpc) is 2.69. The van der Waals surface area contributed by atoms with Gasteiger partial charge in [-0.3, -0.25) is 0 Å². The van der Waals surface area contributed by atoms with Gasteiger partial charge in [0, 0.05) is 24.2 Å². The lowest BCUT2D eigenvalue weighted by Crippen LogP contribution is -2.44. The van der Waals surface area contributed by atoms with Crippen LogP contribution in [0.25, 0.3) is 11.1 Å². The van der Waals surface area contributed by atoms with Crippen molar-refractivity contribution in [3.63, 3.8) is 0 Å². The zero-order chi connectivity index (χ0) is 11.8. The molecule has 0 amide bonds. The first-order chi connectivity index (χ1) is 8.24. The van der Waals surface area contributed by atoms with Gasteiger partial charge in [0.25, 0.3) is 0 Å². The summed E-state index contributed by atoms with van der Waals surface area (Å²) in [5.74, 6) is 0.794. The molecule has 4 nitrogen and oxygen atoms in total. The lowest BCUT2D eigenvalue weighted by molar-refractivity contribution is 0.374. The van der Waals surface area contributed by atoms with Crippen LogP contribution in [0.15, 0.2) is 22.6 Å². The van der Waals surface area contributed by atoms with E-state index in [1.54, 1.807) is 0 Å². The molecule has 0 atom stereocenters. The zero-order valence-electron chi connectivity index (χ0n) is 9.94. The number of oxazole rings is 1. The van der Waals surface area contributed by atoms with Crippen LogP contribution in [0.2, 0.25) is 0 Å². The fraction of sp³-hybridized carbons (Fsp3) is 0.462. The van der Waals surface area contributed by atoms with E-state index < -0.39 is 0 Å². The molecule has 1 aliphatic carbocycles. The quantitative estimate of drug-likeness (QED) is 0.850. The van der Waals surface area contributed by atoms with E-state index in [0.717, 1.165) is 41.9 Å². The standard InChI is InChI=1S/C13H17N3O/c1-2-13-16-11-7-9(3-4-12(11)17-13)15-10-5-8(14)6-10/h3-4,7-8,10,15H,2,5-6,14H2,1H3. The van der Waals surface area contributed by atoms with Crippen molar-refractivity contribution in [2.24, 2.45) is 5.73 Å². The maximum Gasteiger partial charge on any atom is 0.195 e. The first-order valence-corrected chi connectivity index (χ1v) is 6.16. The van der Waals surface area contributed by atoms with Crippen molar-refractivity contribution in [1.29, 1.82) is 0 Å². The second-order valence-electron chi connectivity index (χ2n) is 4.72. The third kappa shape index (κ3) is 2.00. The Kier molecular flexibility index (Phi) is 2.52. The van der Waals surface area contributed by atoms with Crippen LogP contribution in [0, 0.1) is 0 Å². The molecule has 0 spiro atoms. The van der Waals surface area contributed by atoms with E-state index in [1.165, 1.54) is 0 Å². The highest BCUT2D eigenvalue weighted by Crippen LogP contribution is 2.25.